The quantitative estimate of drug-likeness (QED) is 0.749. The molecule has 0 atom stereocenters. The summed E-state index contributed by atoms with van der Waals surface area (Å²) in [5, 5.41) is 2.02. The molecular weight excluding hydrogens is 296 g/mol. The summed E-state index contributed by atoms with van der Waals surface area (Å²) in [7, 11) is 13.0. The van der Waals surface area contributed by atoms with E-state index in [4.69, 9.17) is 20.0 Å². The Balaban J connectivity index is 2.43. The van der Waals surface area contributed by atoms with E-state index in [0.717, 1.165) is 8.11 Å². The number of hydrogen-bond donors (Lipinski definition) is 0. The number of benzene rings is 1. The van der Waals surface area contributed by atoms with Crippen LogP contribution < -0.4 is 8.11 Å². The van der Waals surface area contributed by atoms with Crippen LogP contribution in [0.5, 0.6) is 0 Å². The van der Waals surface area contributed by atoms with Gasteiger partial charge in [0.1, 0.15) is 0 Å². The second kappa shape index (κ2) is 4.27. The van der Waals surface area contributed by atoms with Crippen LogP contribution in [-0.4, -0.2) is 11.4 Å². The fraction of sp³-hybridized carbons (Fsp3) is 0. The Morgan fingerprint density at radius 1 is 0.929 bits per heavy atom. The van der Waals surface area contributed by atoms with Crippen molar-refractivity contribution in [2.24, 2.45) is 0 Å². The summed E-state index contributed by atoms with van der Waals surface area (Å²) in [5.41, 5.74) is 0. The number of hydrogen-bond acceptors (Lipinski definition) is 1. The van der Waals surface area contributed by atoms with Crippen molar-refractivity contribution in [1.82, 2.24) is 0 Å². The SMILES string of the molecule is [Cl][Ge]([Cl])([c]1ccccc1)[c]1cccs1. The first-order valence-corrected chi connectivity index (χ1v) is 12.7. The van der Waals surface area contributed by atoms with Gasteiger partial charge in [-0.05, 0) is 0 Å². The van der Waals surface area contributed by atoms with Crippen LogP contribution >= 0.6 is 31.4 Å². The predicted octanol–water partition coefficient (Wildman–Crippen LogP) is 2.78. The zero-order valence-electron chi connectivity index (χ0n) is 7.28. The third kappa shape index (κ3) is 2.01. The molecular formula is C10H8Cl2GeS. The van der Waals surface area contributed by atoms with Gasteiger partial charge >= 0.3 is 98.7 Å². The zero-order chi connectivity index (χ0) is 10.0. The Kier molecular flexibility index (Phi) is 3.22. The van der Waals surface area contributed by atoms with Crippen LogP contribution in [0.1, 0.15) is 0 Å². The summed E-state index contributed by atoms with van der Waals surface area (Å²) in [6.45, 7) is 0. The van der Waals surface area contributed by atoms with Crippen LogP contribution in [0.25, 0.3) is 0 Å². The maximum atomic E-state index is 6.49. The van der Waals surface area contributed by atoms with E-state index in [1.807, 2.05) is 47.8 Å². The van der Waals surface area contributed by atoms with Gasteiger partial charge in [0.25, 0.3) is 0 Å². The number of thiophene rings is 1. The Morgan fingerprint density at radius 3 is 2.21 bits per heavy atom. The van der Waals surface area contributed by atoms with Crippen molar-refractivity contribution in [2.75, 3.05) is 0 Å². The minimum absolute atomic E-state index is 1.10. The van der Waals surface area contributed by atoms with E-state index in [1.165, 1.54) is 0 Å². The van der Waals surface area contributed by atoms with E-state index in [2.05, 4.69) is 0 Å². The van der Waals surface area contributed by atoms with Gasteiger partial charge in [0.2, 0.25) is 0 Å². The summed E-state index contributed by atoms with van der Waals surface area (Å²) in [6.07, 6.45) is 0. The molecule has 2 aromatic rings. The van der Waals surface area contributed by atoms with Gasteiger partial charge in [-0.3, -0.25) is 0 Å². The van der Waals surface area contributed by atoms with Crippen molar-refractivity contribution in [3.63, 3.8) is 0 Å². The van der Waals surface area contributed by atoms with Crippen LogP contribution in [0.4, 0.5) is 0 Å². The van der Waals surface area contributed by atoms with E-state index >= 15 is 0 Å². The Bertz CT molecular complexity index is 397. The van der Waals surface area contributed by atoms with Crippen molar-refractivity contribution in [3.8, 4) is 0 Å². The standard InChI is InChI=1S/C10H8Cl2GeS/c11-13(12,10-7-4-8-14-10)9-5-2-1-3-6-9/h1-8H. The van der Waals surface area contributed by atoms with E-state index in [1.54, 1.807) is 11.3 Å². The molecule has 0 saturated carbocycles. The molecule has 1 aromatic heterocycles. The molecule has 0 radical (unpaired) electrons. The van der Waals surface area contributed by atoms with Crippen molar-refractivity contribution in [1.29, 1.82) is 0 Å². The van der Waals surface area contributed by atoms with Crippen molar-refractivity contribution in [3.05, 3.63) is 47.8 Å². The second-order valence-electron chi connectivity index (χ2n) is 2.92. The van der Waals surface area contributed by atoms with Gasteiger partial charge in [-0.25, -0.2) is 0 Å². The molecule has 0 saturated heterocycles. The summed E-state index contributed by atoms with van der Waals surface area (Å²) < 4.78 is 2.23. The van der Waals surface area contributed by atoms with E-state index in [-0.39, 0.29) is 0 Å². The normalized spacial score (nSPS) is 11.6. The van der Waals surface area contributed by atoms with Gasteiger partial charge in [-0.2, -0.15) is 0 Å². The second-order valence-corrected chi connectivity index (χ2v) is 16.3. The molecule has 4 heteroatoms. The maximum absolute atomic E-state index is 6.49. The van der Waals surface area contributed by atoms with Gasteiger partial charge < -0.3 is 0 Å². The van der Waals surface area contributed by atoms with Crippen LogP contribution in [-0.2, 0) is 0 Å². The molecule has 1 heterocycles. The average Bonchev–Trinajstić information content (AvgIpc) is 2.72. The third-order valence-electron chi connectivity index (χ3n) is 1.97. The van der Waals surface area contributed by atoms with E-state index in [9.17, 15) is 0 Å². The Morgan fingerprint density at radius 2 is 1.64 bits per heavy atom. The average molecular weight is 304 g/mol. The minimum atomic E-state index is -2.97. The van der Waals surface area contributed by atoms with Crippen molar-refractivity contribution < 1.29 is 0 Å². The van der Waals surface area contributed by atoms with Gasteiger partial charge in [0.05, 0.1) is 0 Å². The summed E-state index contributed by atoms with van der Waals surface area (Å²) in [5.74, 6) is 0. The van der Waals surface area contributed by atoms with Crippen LogP contribution in [0.3, 0.4) is 0 Å². The molecule has 72 valence electrons. The topological polar surface area (TPSA) is 0 Å². The fourth-order valence-corrected chi connectivity index (χ4v) is 9.70. The monoisotopic (exact) mass is 304 g/mol. The number of halogens is 2. The summed E-state index contributed by atoms with van der Waals surface area (Å²) in [4.78, 5) is 0. The van der Waals surface area contributed by atoms with Crippen LogP contribution in [0.15, 0.2) is 47.8 Å². The molecule has 0 nitrogen and oxygen atoms in total. The molecule has 1 aromatic carbocycles. The van der Waals surface area contributed by atoms with Crippen LogP contribution in [0, 0.1) is 0 Å². The molecule has 0 unspecified atom stereocenters. The predicted molar refractivity (Wildman–Crippen MR) is 67.5 cm³/mol. The van der Waals surface area contributed by atoms with Gasteiger partial charge in [-0.15, -0.1) is 0 Å². The molecule has 0 bridgehead atoms. The molecule has 0 aliphatic carbocycles. The Labute approximate surface area is 98.2 Å². The molecule has 0 fully saturated rings. The zero-order valence-corrected chi connectivity index (χ0v) is 11.7. The first kappa shape index (κ1) is 10.6. The molecule has 0 spiro atoms. The van der Waals surface area contributed by atoms with Gasteiger partial charge in [-0.1, -0.05) is 0 Å². The van der Waals surface area contributed by atoms with Crippen molar-refractivity contribution in [2.45, 2.75) is 0 Å². The summed E-state index contributed by atoms with van der Waals surface area (Å²) >= 11 is -1.33. The molecule has 0 N–H and O–H groups in total. The van der Waals surface area contributed by atoms with E-state index in [0.29, 0.717) is 0 Å². The molecule has 14 heavy (non-hydrogen) atoms. The Hall–Kier alpha value is 0.0429. The molecule has 0 amide bonds. The molecule has 0 aliphatic rings. The molecule has 2 rings (SSSR count). The third-order valence-corrected chi connectivity index (χ3v) is 14.4. The van der Waals surface area contributed by atoms with Gasteiger partial charge in [0.15, 0.2) is 0 Å². The number of rotatable bonds is 2. The molecule has 0 aliphatic heterocycles. The summed E-state index contributed by atoms with van der Waals surface area (Å²) in [6, 6.07) is 14.0. The van der Waals surface area contributed by atoms with Gasteiger partial charge in [0, 0.05) is 0 Å². The van der Waals surface area contributed by atoms with Crippen molar-refractivity contribution >= 4 is 50.9 Å². The first-order chi connectivity index (χ1) is 6.71. The fourth-order valence-electron chi connectivity index (χ4n) is 1.25. The van der Waals surface area contributed by atoms with E-state index < -0.39 is 11.4 Å². The van der Waals surface area contributed by atoms with Crippen LogP contribution in [0.2, 0.25) is 0 Å². The first-order valence-electron chi connectivity index (χ1n) is 4.18.